The van der Waals surface area contributed by atoms with E-state index >= 15 is 0 Å². The Bertz CT molecular complexity index is 400. The molecule has 6 nitrogen and oxygen atoms in total. The molecule has 0 saturated carbocycles. The molecule has 0 bridgehead atoms. The number of hydrogen-bond acceptors (Lipinski definition) is 6. The quantitative estimate of drug-likeness (QED) is 0.859. The Labute approximate surface area is 107 Å². The van der Waals surface area contributed by atoms with Crippen LogP contribution in [0.25, 0.3) is 0 Å². The molecule has 1 aliphatic rings. The van der Waals surface area contributed by atoms with Gasteiger partial charge in [0.15, 0.2) is 5.82 Å². The van der Waals surface area contributed by atoms with Gasteiger partial charge in [-0.2, -0.15) is 0 Å². The van der Waals surface area contributed by atoms with E-state index in [-0.39, 0.29) is 6.10 Å². The zero-order chi connectivity index (χ0) is 13.0. The van der Waals surface area contributed by atoms with E-state index in [1.54, 1.807) is 7.11 Å². The van der Waals surface area contributed by atoms with Crippen LogP contribution in [0.2, 0.25) is 0 Å². The molecule has 6 heteroatoms. The van der Waals surface area contributed by atoms with Gasteiger partial charge in [-0.1, -0.05) is 0 Å². The SMILES string of the molecule is CNc1cc(N2CCOC(C)C2)nc(COC)n1. The highest BCUT2D eigenvalue weighted by molar-refractivity contribution is 5.49. The van der Waals surface area contributed by atoms with Crippen molar-refractivity contribution in [3.8, 4) is 0 Å². The fourth-order valence-corrected chi connectivity index (χ4v) is 1.99. The zero-order valence-electron chi connectivity index (χ0n) is 11.1. The molecule has 1 N–H and O–H groups in total. The predicted molar refractivity (Wildman–Crippen MR) is 69.9 cm³/mol. The van der Waals surface area contributed by atoms with Crippen LogP contribution in [0.3, 0.4) is 0 Å². The molecule has 1 aliphatic heterocycles. The molecule has 1 saturated heterocycles. The summed E-state index contributed by atoms with van der Waals surface area (Å²) in [6, 6.07) is 1.96. The maximum Gasteiger partial charge on any atom is 0.158 e. The van der Waals surface area contributed by atoms with Crippen molar-refractivity contribution in [3.63, 3.8) is 0 Å². The molecule has 100 valence electrons. The fraction of sp³-hybridized carbons (Fsp3) is 0.667. The van der Waals surface area contributed by atoms with E-state index in [2.05, 4.69) is 27.1 Å². The van der Waals surface area contributed by atoms with E-state index in [4.69, 9.17) is 9.47 Å². The van der Waals surface area contributed by atoms with Gasteiger partial charge in [-0.05, 0) is 6.92 Å². The van der Waals surface area contributed by atoms with Crippen LogP contribution in [0.15, 0.2) is 6.07 Å². The van der Waals surface area contributed by atoms with Gasteiger partial charge in [-0.15, -0.1) is 0 Å². The van der Waals surface area contributed by atoms with Gasteiger partial charge in [0.1, 0.15) is 18.2 Å². The Morgan fingerprint density at radius 1 is 1.56 bits per heavy atom. The molecule has 0 amide bonds. The van der Waals surface area contributed by atoms with Crippen LogP contribution in [0.5, 0.6) is 0 Å². The van der Waals surface area contributed by atoms with Crippen LogP contribution in [0.1, 0.15) is 12.7 Å². The van der Waals surface area contributed by atoms with Gasteiger partial charge < -0.3 is 19.7 Å². The number of morpholine rings is 1. The van der Waals surface area contributed by atoms with Crippen molar-refractivity contribution in [2.45, 2.75) is 19.6 Å². The summed E-state index contributed by atoms with van der Waals surface area (Å²) in [7, 11) is 3.50. The number of ether oxygens (including phenoxy) is 2. The first-order valence-corrected chi connectivity index (χ1v) is 6.14. The van der Waals surface area contributed by atoms with Crippen molar-refractivity contribution in [1.29, 1.82) is 0 Å². The van der Waals surface area contributed by atoms with Gasteiger partial charge in [0, 0.05) is 33.3 Å². The van der Waals surface area contributed by atoms with Crippen LogP contribution < -0.4 is 10.2 Å². The smallest absolute Gasteiger partial charge is 0.158 e. The number of hydrogen-bond donors (Lipinski definition) is 1. The summed E-state index contributed by atoms with van der Waals surface area (Å²) in [6.07, 6.45) is 0.234. The lowest BCUT2D eigenvalue weighted by molar-refractivity contribution is 0.0529. The highest BCUT2D eigenvalue weighted by Crippen LogP contribution is 2.18. The second-order valence-corrected chi connectivity index (χ2v) is 4.34. The van der Waals surface area contributed by atoms with Crippen molar-refractivity contribution < 1.29 is 9.47 Å². The minimum Gasteiger partial charge on any atom is -0.377 e. The maximum absolute atomic E-state index is 5.54. The molecule has 1 aromatic rings. The maximum atomic E-state index is 5.54. The van der Waals surface area contributed by atoms with Gasteiger partial charge in [0.05, 0.1) is 12.7 Å². The van der Waals surface area contributed by atoms with Crippen molar-refractivity contribution >= 4 is 11.6 Å². The molecule has 1 unspecified atom stereocenters. The van der Waals surface area contributed by atoms with Gasteiger partial charge in [0.25, 0.3) is 0 Å². The third kappa shape index (κ3) is 3.08. The van der Waals surface area contributed by atoms with E-state index in [0.717, 1.165) is 31.3 Å². The monoisotopic (exact) mass is 252 g/mol. The molecule has 0 aliphatic carbocycles. The van der Waals surface area contributed by atoms with Crippen LogP contribution in [0.4, 0.5) is 11.6 Å². The van der Waals surface area contributed by atoms with Crippen LogP contribution in [-0.2, 0) is 16.1 Å². The van der Waals surface area contributed by atoms with Crippen LogP contribution in [-0.4, -0.2) is 49.9 Å². The highest BCUT2D eigenvalue weighted by atomic mass is 16.5. The Hall–Kier alpha value is -1.40. The molecular formula is C12H20N4O2. The standard InChI is InChI=1S/C12H20N4O2/c1-9-7-16(4-5-18-9)12-6-10(13-2)14-11(15-12)8-17-3/h6,9H,4-5,7-8H2,1-3H3,(H,13,14,15). The van der Waals surface area contributed by atoms with Crippen molar-refractivity contribution in [3.05, 3.63) is 11.9 Å². The van der Waals surface area contributed by atoms with Gasteiger partial charge in [-0.25, -0.2) is 9.97 Å². The van der Waals surface area contributed by atoms with Crippen molar-refractivity contribution in [2.24, 2.45) is 0 Å². The predicted octanol–water partition coefficient (Wildman–Crippen LogP) is 0.890. The number of nitrogens with one attached hydrogen (secondary N) is 1. The molecule has 1 aromatic heterocycles. The van der Waals surface area contributed by atoms with Crippen LogP contribution in [0, 0.1) is 0 Å². The molecule has 18 heavy (non-hydrogen) atoms. The molecule has 0 spiro atoms. The molecule has 2 heterocycles. The normalized spacial score (nSPS) is 19.9. The number of anilines is 2. The summed E-state index contributed by atoms with van der Waals surface area (Å²) in [5.41, 5.74) is 0. The molecular weight excluding hydrogens is 232 g/mol. The Morgan fingerprint density at radius 2 is 2.39 bits per heavy atom. The Morgan fingerprint density at radius 3 is 3.06 bits per heavy atom. The van der Waals surface area contributed by atoms with E-state index in [9.17, 15) is 0 Å². The number of nitrogens with zero attached hydrogens (tertiary/aromatic N) is 3. The lowest BCUT2D eigenvalue weighted by Crippen LogP contribution is -2.41. The lowest BCUT2D eigenvalue weighted by Gasteiger charge is -2.32. The topological polar surface area (TPSA) is 59.5 Å². The van der Waals surface area contributed by atoms with Crippen LogP contribution >= 0.6 is 0 Å². The highest BCUT2D eigenvalue weighted by Gasteiger charge is 2.19. The summed E-state index contributed by atoms with van der Waals surface area (Å²) >= 11 is 0. The summed E-state index contributed by atoms with van der Waals surface area (Å²) < 4.78 is 10.6. The van der Waals surface area contributed by atoms with E-state index in [1.165, 1.54) is 0 Å². The lowest BCUT2D eigenvalue weighted by atomic mass is 10.3. The van der Waals surface area contributed by atoms with E-state index in [0.29, 0.717) is 12.4 Å². The van der Waals surface area contributed by atoms with Gasteiger partial charge in [0.2, 0.25) is 0 Å². The third-order valence-electron chi connectivity index (χ3n) is 2.85. The van der Waals surface area contributed by atoms with Gasteiger partial charge >= 0.3 is 0 Å². The average Bonchev–Trinajstić information content (AvgIpc) is 2.39. The largest absolute Gasteiger partial charge is 0.377 e. The summed E-state index contributed by atoms with van der Waals surface area (Å²) in [5.74, 6) is 2.43. The minimum absolute atomic E-state index is 0.234. The third-order valence-corrected chi connectivity index (χ3v) is 2.85. The summed E-state index contributed by atoms with van der Waals surface area (Å²) in [6.45, 7) is 4.94. The molecule has 2 rings (SSSR count). The van der Waals surface area contributed by atoms with E-state index < -0.39 is 0 Å². The zero-order valence-corrected chi connectivity index (χ0v) is 11.1. The Kier molecular flexibility index (Phi) is 4.33. The number of methoxy groups -OCH3 is 1. The minimum atomic E-state index is 0.234. The molecule has 1 atom stereocenters. The summed E-state index contributed by atoms with van der Waals surface area (Å²) in [4.78, 5) is 11.1. The first-order valence-electron chi connectivity index (χ1n) is 6.14. The number of rotatable bonds is 4. The Balaban J connectivity index is 2.22. The summed E-state index contributed by atoms with van der Waals surface area (Å²) in [5, 5.41) is 3.05. The molecule has 0 aromatic carbocycles. The second-order valence-electron chi connectivity index (χ2n) is 4.34. The first kappa shape index (κ1) is 13.0. The number of aromatic nitrogens is 2. The fourth-order valence-electron chi connectivity index (χ4n) is 1.99. The van der Waals surface area contributed by atoms with Crippen molar-refractivity contribution in [2.75, 3.05) is 44.1 Å². The first-order chi connectivity index (χ1) is 8.72. The molecule has 1 fully saturated rings. The molecule has 0 radical (unpaired) electrons. The van der Waals surface area contributed by atoms with Gasteiger partial charge in [-0.3, -0.25) is 0 Å². The van der Waals surface area contributed by atoms with E-state index in [1.807, 2.05) is 13.1 Å². The van der Waals surface area contributed by atoms with Crippen molar-refractivity contribution in [1.82, 2.24) is 9.97 Å². The average molecular weight is 252 g/mol. The second kappa shape index (κ2) is 5.97.